The molecule has 0 unspecified atom stereocenters. The zero-order valence-corrected chi connectivity index (χ0v) is 7.76. The van der Waals surface area contributed by atoms with Gasteiger partial charge >= 0.3 is 0 Å². The van der Waals surface area contributed by atoms with Gasteiger partial charge in [0.05, 0.1) is 0 Å². The molecule has 0 saturated heterocycles. The Kier molecular flexibility index (Phi) is 4.19. The van der Waals surface area contributed by atoms with Gasteiger partial charge in [-0.25, -0.2) is 4.39 Å². The van der Waals surface area contributed by atoms with Gasteiger partial charge in [0.2, 0.25) is 0 Å². The molecule has 1 rings (SSSR count). The fraction of sp³-hybridized carbons (Fsp3) is 0.273. The third-order valence-corrected chi connectivity index (χ3v) is 1.76. The van der Waals surface area contributed by atoms with Crippen LogP contribution < -0.4 is 5.32 Å². The lowest BCUT2D eigenvalue weighted by Crippen LogP contribution is -2.03. The van der Waals surface area contributed by atoms with E-state index in [4.69, 9.17) is 0 Å². The highest BCUT2D eigenvalue weighted by atomic mass is 19.1. The molecule has 0 aliphatic rings. The van der Waals surface area contributed by atoms with Crippen LogP contribution in [-0.2, 0) is 6.42 Å². The Morgan fingerprint density at radius 3 is 2.54 bits per heavy atom. The molecule has 0 atom stereocenters. The van der Waals surface area contributed by atoms with Gasteiger partial charge in [-0.15, -0.1) is 0 Å². The lowest BCUT2D eigenvalue weighted by Gasteiger charge is -1.95. The highest BCUT2D eigenvalue weighted by Crippen LogP contribution is 2.03. The fourth-order valence-corrected chi connectivity index (χ4v) is 1.04. The number of nitrogens with one attached hydrogen (secondary N) is 1. The molecule has 70 valence electrons. The predicted octanol–water partition coefficient (Wildman–Crippen LogP) is 2.14. The molecule has 0 saturated carbocycles. The molecule has 0 aromatic heterocycles. The maximum Gasteiger partial charge on any atom is 0.123 e. The highest BCUT2D eigenvalue weighted by Gasteiger charge is 1.89. The maximum absolute atomic E-state index is 12.5. The van der Waals surface area contributed by atoms with Gasteiger partial charge in [0.25, 0.3) is 0 Å². The normalized spacial score (nSPS) is 10.9. The third-order valence-electron chi connectivity index (χ3n) is 1.76. The van der Waals surface area contributed by atoms with Crippen LogP contribution in [0.4, 0.5) is 4.39 Å². The molecule has 0 spiro atoms. The first-order valence-electron chi connectivity index (χ1n) is 4.37. The minimum absolute atomic E-state index is 0.178. The third kappa shape index (κ3) is 3.85. The summed E-state index contributed by atoms with van der Waals surface area (Å²) < 4.78 is 12.5. The molecule has 1 nitrogen and oxygen atoms in total. The number of likely N-dealkylation sites (N-methyl/N-ethyl adjacent to an activating group) is 1. The quantitative estimate of drug-likeness (QED) is 0.698. The van der Waals surface area contributed by atoms with Crippen molar-refractivity contribution in [1.29, 1.82) is 0 Å². The molecular weight excluding hydrogens is 165 g/mol. The Morgan fingerprint density at radius 1 is 1.23 bits per heavy atom. The molecule has 1 aromatic rings. The summed E-state index contributed by atoms with van der Waals surface area (Å²) in [5.41, 5.74) is 1.13. The van der Waals surface area contributed by atoms with E-state index in [1.165, 1.54) is 12.1 Å². The van der Waals surface area contributed by atoms with Crippen molar-refractivity contribution in [2.24, 2.45) is 0 Å². The zero-order chi connectivity index (χ0) is 9.52. The maximum atomic E-state index is 12.5. The number of allylic oxidation sites excluding steroid dienone is 1. The first kappa shape index (κ1) is 9.93. The Morgan fingerprint density at radius 2 is 1.92 bits per heavy atom. The fourth-order valence-electron chi connectivity index (χ4n) is 1.04. The van der Waals surface area contributed by atoms with E-state index in [1.807, 2.05) is 7.05 Å². The van der Waals surface area contributed by atoms with Crippen LogP contribution in [0.5, 0.6) is 0 Å². The van der Waals surface area contributed by atoms with E-state index in [0.29, 0.717) is 0 Å². The van der Waals surface area contributed by atoms with E-state index >= 15 is 0 Å². The summed E-state index contributed by atoms with van der Waals surface area (Å²) in [6.45, 7) is 0.876. The smallest absolute Gasteiger partial charge is 0.123 e. The Balaban J connectivity index is 2.41. The van der Waals surface area contributed by atoms with Gasteiger partial charge in [0.15, 0.2) is 0 Å². The molecule has 0 aliphatic carbocycles. The monoisotopic (exact) mass is 179 g/mol. The Bertz CT molecular complexity index is 264. The van der Waals surface area contributed by atoms with Crippen molar-refractivity contribution in [3.05, 3.63) is 47.8 Å². The summed E-state index contributed by atoms with van der Waals surface area (Å²) in [5.74, 6) is -0.178. The number of hydrogen-bond donors (Lipinski definition) is 1. The topological polar surface area (TPSA) is 12.0 Å². The molecule has 0 fully saturated rings. The van der Waals surface area contributed by atoms with Crippen LogP contribution >= 0.6 is 0 Å². The van der Waals surface area contributed by atoms with Crippen LogP contribution in [0.3, 0.4) is 0 Å². The molecule has 13 heavy (non-hydrogen) atoms. The van der Waals surface area contributed by atoms with E-state index in [0.717, 1.165) is 18.5 Å². The van der Waals surface area contributed by atoms with E-state index in [9.17, 15) is 4.39 Å². The molecule has 0 heterocycles. The standard InChI is InChI=1S/C11H14FN/c1-13-9-3-2-4-10-5-7-11(12)8-6-10/h2-3,5-8,13H,4,9H2,1H3/b3-2-. The van der Waals surface area contributed by atoms with Gasteiger partial charge in [-0.1, -0.05) is 24.3 Å². The predicted molar refractivity (Wildman–Crippen MR) is 53.2 cm³/mol. The Labute approximate surface area is 78.3 Å². The van der Waals surface area contributed by atoms with Crippen molar-refractivity contribution in [1.82, 2.24) is 5.32 Å². The van der Waals surface area contributed by atoms with E-state index in [-0.39, 0.29) is 5.82 Å². The lowest BCUT2D eigenvalue weighted by atomic mass is 10.1. The van der Waals surface area contributed by atoms with Crippen LogP contribution in [0, 0.1) is 5.82 Å². The average molecular weight is 179 g/mol. The molecule has 1 N–H and O–H groups in total. The summed E-state index contributed by atoms with van der Waals surface area (Å²) in [4.78, 5) is 0. The molecule has 2 heteroatoms. The van der Waals surface area contributed by atoms with Gasteiger partial charge in [-0.2, -0.15) is 0 Å². The van der Waals surface area contributed by atoms with Crippen LogP contribution in [0.1, 0.15) is 5.56 Å². The largest absolute Gasteiger partial charge is 0.316 e. The number of halogens is 1. The van der Waals surface area contributed by atoms with E-state index in [1.54, 1.807) is 12.1 Å². The first-order valence-corrected chi connectivity index (χ1v) is 4.37. The van der Waals surface area contributed by atoms with E-state index in [2.05, 4.69) is 17.5 Å². The molecular formula is C11H14FN. The van der Waals surface area contributed by atoms with Crippen molar-refractivity contribution < 1.29 is 4.39 Å². The summed E-state index contributed by atoms with van der Waals surface area (Å²) in [7, 11) is 1.90. The summed E-state index contributed by atoms with van der Waals surface area (Å²) in [5, 5.41) is 3.02. The first-order chi connectivity index (χ1) is 6.33. The van der Waals surface area contributed by atoms with Gasteiger partial charge in [-0.05, 0) is 31.2 Å². The minimum atomic E-state index is -0.178. The van der Waals surface area contributed by atoms with Crippen LogP contribution in [0.2, 0.25) is 0 Å². The molecule has 1 aromatic carbocycles. The van der Waals surface area contributed by atoms with Crippen LogP contribution in [0.25, 0.3) is 0 Å². The lowest BCUT2D eigenvalue weighted by molar-refractivity contribution is 0.627. The summed E-state index contributed by atoms with van der Waals surface area (Å²) in [6.07, 6.45) is 5.00. The van der Waals surface area contributed by atoms with Crippen molar-refractivity contribution >= 4 is 0 Å². The van der Waals surface area contributed by atoms with Crippen molar-refractivity contribution in [3.8, 4) is 0 Å². The number of benzene rings is 1. The molecule has 0 aliphatic heterocycles. The van der Waals surface area contributed by atoms with E-state index < -0.39 is 0 Å². The number of hydrogen-bond acceptors (Lipinski definition) is 1. The Hall–Kier alpha value is -1.15. The zero-order valence-electron chi connectivity index (χ0n) is 7.76. The van der Waals surface area contributed by atoms with Crippen LogP contribution in [0.15, 0.2) is 36.4 Å². The van der Waals surface area contributed by atoms with Gasteiger partial charge in [0, 0.05) is 6.54 Å². The van der Waals surface area contributed by atoms with Gasteiger partial charge < -0.3 is 5.32 Å². The van der Waals surface area contributed by atoms with Gasteiger partial charge in [-0.3, -0.25) is 0 Å². The van der Waals surface area contributed by atoms with Crippen molar-refractivity contribution in [3.63, 3.8) is 0 Å². The molecule has 0 bridgehead atoms. The number of rotatable bonds is 4. The summed E-state index contributed by atoms with van der Waals surface area (Å²) in [6, 6.07) is 6.58. The average Bonchev–Trinajstić information content (AvgIpc) is 2.15. The minimum Gasteiger partial charge on any atom is -0.316 e. The molecule has 0 radical (unpaired) electrons. The second-order valence-electron chi connectivity index (χ2n) is 2.86. The second kappa shape index (κ2) is 5.49. The SMILES string of the molecule is CNC/C=C\Cc1ccc(F)cc1. The highest BCUT2D eigenvalue weighted by molar-refractivity contribution is 5.18. The molecule has 0 amide bonds. The van der Waals surface area contributed by atoms with Crippen molar-refractivity contribution in [2.45, 2.75) is 6.42 Å². The summed E-state index contributed by atoms with van der Waals surface area (Å²) >= 11 is 0. The van der Waals surface area contributed by atoms with Gasteiger partial charge in [0.1, 0.15) is 5.82 Å². The second-order valence-corrected chi connectivity index (χ2v) is 2.86. The van der Waals surface area contributed by atoms with Crippen LogP contribution in [-0.4, -0.2) is 13.6 Å². The van der Waals surface area contributed by atoms with Crippen molar-refractivity contribution in [2.75, 3.05) is 13.6 Å².